The molecule has 1 amide bonds. The van der Waals surface area contributed by atoms with Gasteiger partial charge in [0, 0.05) is 12.0 Å². The van der Waals surface area contributed by atoms with E-state index >= 15 is 0 Å². The second-order valence-corrected chi connectivity index (χ2v) is 7.27. The van der Waals surface area contributed by atoms with Gasteiger partial charge in [0.25, 0.3) is 0 Å². The van der Waals surface area contributed by atoms with Crippen molar-refractivity contribution in [3.63, 3.8) is 0 Å². The Hall–Kier alpha value is -1.74. The number of carbonyl (C=O) groups is 1. The number of hydrogen-bond acceptors (Lipinski definition) is 2. The highest BCUT2D eigenvalue weighted by Gasteiger charge is 2.46. The molecule has 2 aromatic rings. The van der Waals surface area contributed by atoms with Crippen LogP contribution in [-0.4, -0.2) is 28.0 Å². The lowest BCUT2D eigenvalue weighted by atomic mass is 9.81. The van der Waals surface area contributed by atoms with Crippen molar-refractivity contribution >= 4 is 17.7 Å². The van der Waals surface area contributed by atoms with Gasteiger partial charge in [-0.1, -0.05) is 60.7 Å². The van der Waals surface area contributed by atoms with Crippen molar-refractivity contribution in [2.75, 3.05) is 5.75 Å². The van der Waals surface area contributed by atoms with Crippen LogP contribution < -0.4 is 0 Å². The Labute approximate surface area is 135 Å². The molecule has 2 saturated heterocycles. The zero-order valence-electron chi connectivity index (χ0n) is 12.4. The molecule has 112 valence electrons. The third-order valence-electron chi connectivity index (χ3n) is 4.73. The van der Waals surface area contributed by atoms with Crippen LogP contribution in [-0.2, 0) is 4.79 Å². The number of rotatable bonds is 3. The summed E-state index contributed by atoms with van der Waals surface area (Å²) >= 11 is 1.93. The fourth-order valence-corrected chi connectivity index (χ4v) is 5.03. The first kappa shape index (κ1) is 13.9. The third kappa shape index (κ3) is 2.34. The van der Waals surface area contributed by atoms with Crippen LogP contribution in [0.1, 0.15) is 29.9 Å². The van der Waals surface area contributed by atoms with E-state index in [1.54, 1.807) is 0 Å². The fraction of sp³-hybridized carbons (Fsp3) is 0.316. The van der Waals surface area contributed by atoms with Crippen LogP contribution >= 0.6 is 11.8 Å². The van der Waals surface area contributed by atoms with E-state index in [4.69, 9.17) is 0 Å². The van der Waals surface area contributed by atoms with Crippen molar-refractivity contribution in [2.45, 2.75) is 30.2 Å². The lowest BCUT2D eigenvalue weighted by Crippen LogP contribution is -2.60. The topological polar surface area (TPSA) is 20.3 Å². The molecule has 0 saturated carbocycles. The van der Waals surface area contributed by atoms with Crippen LogP contribution in [0, 0.1) is 0 Å². The predicted molar refractivity (Wildman–Crippen MR) is 90.8 cm³/mol. The van der Waals surface area contributed by atoms with Gasteiger partial charge >= 0.3 is 0 Å². The van der Waals surface area contributed by atoms with E-state index in [1.165, 1.54) is 11.1 Å². The fourth-order valence-electron chi connectivity index (χ4n) is 3.69. The molecular weight excluding hydrogens is 290 g/mol. The number of thioether (sulfide) groups is 1. The van der Waals surface area contributed by atoms with E-state index in [0.29, 0.717) is 11.3 Å². The minimum atomic E-state index is 0.273. The molecule has 2 nitrogen and oxygen atoms in total. The number of hydrogen-bond donors (Lipinski definition) is 0. The zero-order valence-corrected chi connectivity index (χ0v) is 13.2. The Balaban J connectivity index is 1.76. The summed E-state index contributed by atoms with van der Waals surface area (Å²) in [5, 5.41) is 0.404. The molecule has 0 aliphatic carbocycles. The van der Waals surface area contributed by atoms with Gasteiger partial charge in [-0.15, -0.1) is 11.8 Å². The Bertz CT molecular complexity index is 618. The lowest BCUT2D eigenvalue weighted by Gasteiger charge is -2.51. The lowest BCUT2D eigenvalue weighted by molar-refractivity contribution is -0.146. The average molecular weight is 309 g/mol. The van der Waals surface area contributed by atoms with Crippen molar-refractivity contribution in [3.05, 3.63) is 71.8 Å². The summed E-state index contributed by atoms with van der Waals surface area (Å²) < 4.78 is 0. The quantitative estimate of drug-likeness (QED) is 0.802. The molecule has 22 heavy (non-hydrogen) atoms. The molecule has 2 aromatic carbocycles. The highest BCUT2D eigenvalue weighted by atomic mass is 32.2. The van der Waals surface area contributed by atoms with Crippen LogP contribution in [0.5, 0.6) is 0 Å². The van der Waals surface area contributed by atoms with E-state index in [1.807, 2.05) is 11.8 Å². The predicted octanol–water partition coefficient (Wildman–Crippen LogP) is 3.88. The molecule has 2 atom stereocenters. The SMILES string of the molecule is O=C1C[C@H]2SCCC(C(c3ccccc3)c3ccccc3)N12. The van der Waals surface area contributed by atoms with Crippen molar-refractivity contribution in [1.29, 1.82) is 0 Å². The van der Waals surface area contributed by atoms with Gasteiger partial charge in [0.2, 0.25) is 5.91 Å². The van der Waals surface area contributed by atoms with Gasteiger partial charge in [-0.2, -0.15) is 0 Å². The maximum absolute atomic E-state index is 12.2. The number of benzene rings is 2. The Morgan fingerprint density at radius 1 is 0.955 bits per heavy atom. The molecule has 0 bridgehead atoms. The first-order chi connectivity index (χ1) is 10.8. The maximum atomic E-state index is 12.2. The van der Waals surface area contributed by atoms with Crippen LogP contribution in [0.2, 0.25) is 0 Å². The summed E-state index contributed by atoms with van der Waals surface area (Å²) in [6.07, 6.45) is 1.79. The molecule has 2 fully saturated rings. The summed E-state index contributed by atoms with van der Waals surface area (Å²) in [5.41, 5.74) is 2.62. The van der Waals surface area contributed by atoms with E-state index in [0.717, 1.165) is 18.6 Å². The first-order valence-corrected chi connectivity index (χ1v) is 8.92. The standard InChI is InChI=1S/C19H19NOS/c21-17-13-18-20(17)16(11-12-22-18)19(14-7-3-1-4-8-14)15-9-5-2-6-10-15/h1-10,16,18-19H,11-13H2/t16?,18-/m1/s1. The summed E-state index contributed by atoms with van der Waals surface area (Å²) in [5.74, 6) is 1.74. The Morgan fingerprint density at radius 2 is 1.55 bits per heavy atom. The van der Waals surface area contributed by atoms with Gasteiger partial charge in [-0.05, 0) is 23.3 Å². The van der Waals surface area contributed by atoms with Gasteiger partial charge in [-0.3, -0.25) is 4.79 Å². The maximum Gasteiger partial charge on any atom is 0.226 e. The van der Waals surface area contributed by atoms with Gasteiger partial charge < -0.3 is 4.90 Å². The van der Waals surface area contributed by atoms with Gasteiger partial charge in [0.05, 0.1) is 11.8 Å². The Morgan fingerprint density at radius 3 is 2.09 bits per heavy atom. The van der Waals surface area contributed by atoms with Gasteiger partial charge in [-0.25, -0.2) is 0 Å². The third-order valence-corrected chi connectivity index (χ3v) is 5.98. The molecule has 4 rings (SSSR count). The van der Waals surface area contributed by atoms with E-state index in [-0.39, 0.29) is 12.0 Å². The highest BCUT2D eigenvalue weighted by Crippen LogP contribution is 2.44. The van der Waals surface area contributed by atoms with Crippen LogP contribution in [0.4, 0.5) is 0 Å². The number of nitrogens with zero attached hydrogens (tertiary/aromatic N) is 1. The van der Waals surface area contributed by atoms with E-state index in [2.05, 4.69) is 65.6 Å². The molecule has 0 aromatic heterocycles. The van der Waals surface area contributed by atoms with E-state index < -0.39 is 0 Å². The minimum absolute atomic E-state index is 0.273. The van der Waals surface area contributed by atoms with E-state index in [9.17, 15) is 4.79 Å². The van der Waals surface area contributed by atoms with Crippen molar-refractivity contribution in [2.24, 2.45) is 0 Å². The number of fused-ring (bicyclic) bond motifs is 1. The minimum Gasteiger partial charge on any atom is -0.326 e. The largest absolute Gasteiger partial charge is 0.326 e. The summed E-state index contributed by atoms with van der Waals surface area (Å²) in [6.45, 7) is 0. The first-order valence-electron chi connectivity index (χ1n) is 7.87. The van der Waals surface area contributed by atoms with Crippen LogP contribution in [0.25, 0.3) is 0 Å². The normalized spacial score (nSPS) is 24.0. The van der Waals surface area contributed by atoms with Gasteiger partial charge in [0.15, 0.2) is 0 Å². The van der Waals surface area contributed by atoms with Crippen molar-refractivity contribution in [1.82, 2.24) is 4.90 Å². The Kier molecular flexibility index (Phi) is 3.67. The summed E-state index contributed by atoms with van der Waals surface area (Å²) in [6, 6.07) is 21.6. The molecule has 0 spiro atoms. The van der Waals surface area contributed by atoms with Crippen LogP contribution in [0.15, 0.2) is 60.7 Å². The second kappa shape index (κ2) is 5.81. The number of β-lactam (4-membered cyclic amide) rings is 1. The molecule has 3 heteroatoms. The van der Waals surface area contributed by atoms with Crippen molar-refractivity contribution in [3.8, 4) is 0 Å². The summed E-state index contributed by atoms with van der Waals surface area (Å²) in [4.78, 5) is 14.3. The molecule has 0 radical (unpaired) electrons. The summed E-state index contributed by atoms with van der Waals surface area (Å²) in [7, 11) is 0. The highest BCUT2D eigenvalue weighted by molar-refractivity contribution is 8.00. The molecule has 1 unspecified atom stereocenters. The molecule has 2 heterocycles. The molecular formula is C19H19NOS. The number of carbonyl (C=O) groups excluding carboxylic acids is 1. The average Bonchev–Trinajstić information content (AvgIpc) is 2.56. The second-order valence-electron chi connectivity index (χ2n) is 5.99. The van der Waals surface area contributed by atoms with Crippen molar-refractivity contribution < 1.29 is 4.79 Å². The van der Waals surface area contributed by atoms with Gasteiger partial charge in [0.1, 0.15) is 0 Å². The smallest absolute Gasteiger partial charge is 0.226 e. The monoisotopic (exact) mass is 309 g/mol. The van der Waals surface area contributed by atoms with Crippen LogP contribution in [0.3, 0.4) is 0 Å². The molecule has 0 N–H and O–H groups in total. The molecule has 2 aliphatic heterocycles. The number of amides is 1. The zero-order chi connectivity index (χ0) is 14.9. The molecule has 2 aliphatic rings.